The zero-order valence-corrected chi connectivity index (χ0v) is 36.3. The molecule has 1 unspecified atom stereocenters. The van der Waals surface area contributed by atoms with E-state index in [1.807, 2.05) is 33.3 Å². The summed E-state index contributed by atoms with van der Waals surface area (Å²) >= 11 is 0. The molecule has 55 heavy (non-hydrogen) atoms. The lowest BCUT2D eigenvalue weighted by molar-refractivity contribution is -0.870. The Hall–Kier alpha value is -2.04. The number of ether oxygens (including phenoxy) is 2. The molecule has 0 spiro atoms. The summed E-state index contributed by atoms with van der Waals surface area (Å²) in [5, 5.41) is 20.3. The molecule has 0 aliphatic rings. The molecule has 4 atom stereocenters. The topological polar surface area (TPSA) is 132 Å². The van der Waals surface area contributed by atoms with Crippen molar-refractivity contribution in [3.8, 4) is 0 Å². The Labute approximate surface area is 336 Å². The van der Waals surface area contributed by atoms with Crippen LogP contribution in [0.5, 0.6) is 0 Å². The summed E-state index contributed by atoms with van der Waals surface area (Å²) in [5.74, 6) is -0.462. The van der Waals surface area contributed by atoms with Crippen LogP contribution in [-0.4, -0.2) is 91.4 Å². The van der Waals surface area contributed by atoms with E-state index in [4.69, 9.17) is 18.5 Å². The van der Waals surface area contributed by atoms with Crippen LogP contribution in [0, 0.1) is 0 Å². The normalized spacial score (nSPS) is 15.5. The molecule has 0 bridgehead atoms. The number of hydrogen-bond donors (Lipinski definition) is 3. The maximum absolute atomic E-state index is 12.5. The Morgan fingerprint density at radius 1 is 0.673 bits per heavy atom. The first-order valence-corrected chi connectivity index (χ1v) is 22.8. The zero-order valence-electron chi connectivity index (χ0n) is 35.4. The summed E-state index contributed by atoms with van der Waals surface area (Å²) in [6.45, 7) is 4.55. The molecule has 0 aromatic carbocycles. The van der Waals surface area contributed by atoms with Gasteiger partial charge in [-0.1, -0.05) is 146 Å². The fourth-order valence-corrected chi connectivity index (χ4v) is 6.12. The molecule has 3 N–H and O–H groups in total. The number of quaternary nitrogens is 1. The number of carbonyl (C=O) groups excluding carboxylic acids is 1. The molecule has 0 aromatic rings. The number of aliphatic hydroxyl groups excluding tert-OH is 2. The summed E-state index contributed by atoms with van der Waals surface area (Å²) in [6.07, 6.45) is 38.4. The van der Waals surface area contributed by atoms with Crippen LogP contribution in [0.1, 0.15) is 149 Å². The smallest absolute Gasteiger partial charge is 0.472 e. The monoisotopic (exact) mass is 799 g/mol. The Morgan fingerprint density at radius 3 is 1.84 bits per heavy atom. The second kappa shape index (κ2) is 36.3. The third-order valence-corrected chi connectivity index (χ3v) is 9.85. The van der Waals surface area contributed by atoms with E-state index >= 15 is 0 Å². The molecule has 10 nitrogen and oxygen atoms in total. The number of unbranched alkanes of at least 4 members (excludes halogenated alkanes) is 15. The van der Waals surface area contributed by atoms with Gasteiger partial charge in [0.2, 0.25) is 0 Å². The predicted octanol–water partition coefficient (Wildman–Crippen LogP) is 10.4. The maximum atomic E-state index is 12.5. The Morgan fingerprint density at radius 2 is 1.22 bits per heavy atom. The van der Waals surface area contributed by atoms with Crippen LogP contribution in [0.3, 0.4) is 0 Å². The fourth-order valence-electron chi connectivity index (χ4n) is 5.38. The summed E-state index contributed by atoms with van der Waals surface area (Å²) in [7, 11) is 1.53. The zero-order chi connectivity index (χ0) is 40.9. The first kappa shape index (κ1) is 53.0. The molecular formula is C44H81NO9P+. The highest BCUT2D eigenvalue weighted by atomic mass is 31.2. The molecule has 0 heterocycles. The minimum absolute atomic E-state index is 0.0482. The summed E-state index contributed by atoms with van der Waals surface area (Å²) < 4.78 is 34.5. The number of likely N-dealkylation sites (N-methyl/N-ethyl adjacent to an activating group) is 1. The van der Waals surface area contributed by atoms with Crippen molar-refractivity contribution in [2.45, 2.75) is 167 Å². The molecule has 0 rings (SSSR count). The largest absolute Gasteiger partial charge is 0.492 e. The van der Waals surface area contributed by atoms with E-state index in [1.54, 1.807) is 42.7 Å². The third kappa shape index (κ3) is 40.0. The van der Waals surface area contributed by atoms with Gasteiger partial charge in [-0.3, -0.25) is 13.8 Å². The van der Waals surface area contributed by atoms with Crippen LogP contribution < -0.4 is 0 Å². The Kier molecular flexibility index (Phi) is 35.0. The Balaban J connectivity index is 4.58. The number of hydrogen-bond acceptors (Lipinski definition) is 8. The van der Waals surface area contributed by atoms with Gasteiger partial charge in [0.15, 0.2) is 6.10 Å². The van der Waals surface area contributed by atoms with Crippen molar-refractivity contribution >= 4 is 13.8 Å². The van der Waals surface area contributed by atoms with Crippen LogP contribution >= 0.6 is 7.82 Å². The van der Waals surface area contributed by atoms with Gasteiger partial charge in [0, 0.05) is 6.42 Å². The van der Waals surface area contributed by atoms with Crippen molar-refractivity contribution in [1.29, 1.82) is 0 Å². The highest BCUT2D eigenvalue weighted by molar-refractivity contribution is 7.47. The molecule has 0 saturated heterocycles. The summed E-state index contributed by atoms with van der Waals surface area (Å²) in [6, 6.07) is 0. The highest BCUT2D eigenvalue weighted by Crippen LogP contribution is 2.43. The molecule has 0 radical (unpaired) electrons. The van der Waals surface area contributed by atoms with Gasteiger partial charge in [-0.2, -0.15) is 0 Å². The SMILES string of the molecule is CCCCC/C=C\C[C@@H](O)/C=C/C=C/C=C\[C@@H](O)CCCC(=O)OC[C@H](COP(=O)(O)OCC[N+](C)(C)C)O/C=C/CCCCCCCCCCCCCC. The van der Waals surface area contributed by atoms with Gasteiger partial charge >= 0.3 is 13.8 Å². The van der Waals surface area contributed by atoms with E-state index in [9.17, 15) is 24.5 Å². The van der Waals surface area contributed by atoms with Gasteiger partial charge in [0.25, 0.3) is 0 Å². The van der Waals surface area contributed by atoms with Crippen LogP contribution in [-0.2, 0) is 27.9 Å². The van der Waals surface area contributed by atoms with Crippen molar-refractivity contribution < 1.29 is 47.5 Å². The van der Waals surface area contributed by atoms with Crippen molar-refractivity contribution in [3.63, 3.8) is 0 Å². The fraction of sp³-hybridized carbons (Fsp3) is 0.750. The molecular weight excluding hydrogens is 717 g/mol. The van der Waals surface area contributed by atoms with Crippen LogP contribution in [0.2, 0.25) is 0 Å². The molecule has 0 aliphatic heterocycles. The van der Waals surface area contributed by atoms with E-state index in [0.29, 0.717) is 30.3 Å². The van der Waals surface area contributed by atoms with E-state index in [0.717, 1.165) is 25.7 Å². The minimum Gasteiger partial charge on any atom is -0.492 e. The number of allylic oxidation sites excluding steroid dienone is 6. The number of carbonyl (C=O) groups is 1. The molecule has 11 heteroatoms. The molecule has 320 valence electrons. The lowest BCUT2D eigenvalue weighted by Crippen LogP contribution is -2.37. The average molecular weight is 799 g/mol. The van der Waals surface area contributed by atoms with Crippen molar-refractivity contribution in [3.05, 3.63) is 60.9 Å². The number of nitrogens with zero attached hydrogens (tertiary/aromatic N) is 1. The standard InChI is InChI=1S/C44H80NO9P/c1-6-8-10-12-14-15-16-17-18-19-20-21-25-29-37-51-43(40-54-55(49,50)53-38-36-45(3,4)5)39-52-44(48)35-30-34-42(47)33-28-24-23-27-32-41(46)31-26-22-13-11-9-7-2/h22-24,26-29,32-33,37,41-43,46-47H,6-21,25,30-31,34-36,38-40H2,1-5H3/p+1/b24-23+,26-22-,32-27+,33-28-,37-29+/t41-,42-,43-/m1/s1. The quantitative estimate of drug-likeness (QED) is 0.0106. The van der Waals surface area contributed by atoms with Crippen LogP contribution in [0.25, 0.3) is 0 Å². The lowest BCUT2D eigenvalue weighted by Gasteiger charge is -2.24. The molecule has 0 aromatic heterocycles. The molecule has 0 aliphatic carbocycles. The molecule has 0 amide bonds. The van der Waals surface area contributed by atoms with Crippen molar-refractivity contribution in [1.82, 2.24) is 0 Å². The molecule has 0 saturated carbocycles. The van der Waals surface area contributed by atoms with Gasteiger partial charge in [0.05, 0.1) is 46.2 Å². The van der Waals surface area contributed by atoms with Crippen LogP contribution in [0.15, 0.2) is 60.9 Å². The van der Waals surface area contributed by atoms with Crippen molar-refractivity contribution in [2.24, 2.45) is 0 Å². The molecule has 0 fully saturated rings. The van der Waals surface area contributed by atoms with Gasteiger partial charge in [-0.05, 0) is 51.0 Å². The number of esters is 1. The number of phosphoric ester groups is 1. The van der Waals surface area contributed by atoms with Gasteiger partial charge in [-0.15, -0.1) is 0 Å². The number of phosphoric acid groups is 1. The first-order chi connectivity index (χ1) is 26.4. The van der Waals surface area contributed by atoms with Crippen molar-refractivity contribution in [2.75, 3.05) is 47.5 Å². The van der Waals surface area contributed by atoms with Gasteiger partial charge in [-0.25, -0.2) is 4.57 Å². The highest BCUT2D eigenvalue weighted by Gasteiger charge is 2.25. The third-order valence-electron chi connectivity index (χ3n) is 8.86. The summed E-state index contributed by atoms with van der Waals surface area (Å²) in [4.78, 5) is 22.6. The minimum atomic E-state index is -4.32. The van der Waals surface area contributed by atoms with E-state index < -0.39 is 32.1 Å². The maximum Gasteiger partial charge on any atom is 0.472 e. The Bertz CT molecular complexity index is 1100. The number of rotatable bonds is 38. The first-order valence-electron chi connectivity index (χ1n) is 21.3. The van der Waals surface area contributed by atoms with Gasteiger partial charge < -0.3 is 29.1 Å². The predicted molar refractivity (Wildman–Crippen MR) is 226 cm³/mol. The van der Waals surface area contributed by atoms with E-state index in [1.165, 1.54) is 83.5 Å². The number of aliphatic hydroxyl groups is 2. The second-order valence-electron chi connectivity index (χ2n) is 15.5. The second-order valence-corrected chi connectivity index (χ2v) is 16.9. The average Bonchev–Trinajstić information content (AvgIpc) is 3.13. The van der Waals surface area contributed by atoms with E-state index in [-0.39, 0.29) is 26.2 Å². The van der Waals surface area contributed by atoms with Crippen LogP contribution in [0.4, 0.5) is 0 Å². The lowest BCUT2D eigenvalue weighted by atomic mass is 10.0. The van der Waals surface area contributed by atoms with Gasteiger partial charge in [0.1, 0.15) is 19.8 Å². The summed E-state index contributed by atoms with van der Waals surface area (Å²) in [5.41, 5.74) is 0. The van der Waals surface area contributed by atoms with E-state index in [2.05, 4.69) is 19.9 Å².